The van der Waals surface area contributed by atoms with Gasteiger partial charge < -0.3 is 15.9 Å². The van der Waals surface area contributed by atoms with Crippen molar-refractivity contribution in [3.05, 3.63) is 72.1 Å². The van der Waals surface area contributed by atoms with Gasteiger partial charge in [-0.1, -0.05) is 30.3 Å². The van der Waals surface area contributed by atoms with Crippen molar-refractivity contribution in [2.75, 3.05) is 25.5 Å². The maximum atomic E-state index is 12.7. The maximum Gasteiger partial charge on any atom is 0.233 e. The molecule has 0 saturated heterocycles. The highest BCUT2D eigenvalue weighted by Crippen LogP contribution is 2.21. The molecule has 0 unspecified atom stereocenters. The summed E-state index contributed by atoms with van der Waals surface area (Å²) in [6.07, 6.45) is 4.33. The van der Waals surface area contributed by atoms with Crippen LogP contribution in [0.1, 0.15) is 17.0 Å². The second-order valence-electron chi connectivity index (χ2n) is 6.26. The Kier molecular flexibility index (Phi) is 6.49. The van der Waals surface area contributed by atoms with Gasteiger partial charge in [0.2, 0.25) is 5.91 Å². The number of nitrogens with zero attached hydrogens (tertiary/aromatic N) is 1. The Morgan fingerprint density at radius 3 is 2.70 bits per heavy atom. The van der Waals surface area contributed by atoms with Crippen LogP contribution in [0, 0.1) is 0 Å². The Morgan fingerprint density at radius 2 is 1.96 bits per heavy atom. The van der Waals surface area contributed by atoms with E-state index in [1.807, 2.05) is 48.5 Å². The molecule has 27 heavy (non-hydrogen) atoms. The molecule has 0 spiro atoms. The van der Waals surface area contributed by atoms with Crippen molar-refractivity contribution >= 4 is 22.4 Å². The van der Waals surface area contributed by atoms with Gasteiger partial charge in [0.05, 0.1) is 12.5 Å². The van der Waals surface area contributed by atoms with E-state index in [-0.39, 0.29) is 12.5 Å². The molecule has 140 valence electrons. The number of carbonyl (C=O) groups excluding carboxylic acids is 1. The Balaban J connectivity index is 1.69. The number of hydrogen-bond acceptors (Lipinski definition) is 5. The minimum Gasteiger partial charge on any atom is -0.329 e. The van der Waals surface area contributed by atoms with E-state index in [0.29, 0.717) is 6.61 Å². The summed E-state index contributed by atoms with van der Waals surface area (Å²) in [4.78, 5) is 22.0. The van der Waals surface area contributed by atoms with E-state index < -0.39 is 5.92 Å². The van der Waals surface area contributed by atoms with Crippen molar-refractivity contribution in [1.82, 2.24) is 10.5 Å². The molecule has 0 saturated carbocycles. The molecule has 3 aromatic rings. The van der Waals surface area contributed by atoms with Gasteiger partial charge in [0, 0.05) is 37.1 Å². The molecular weight excluding hydrogens is 340 g/mol. The first-order valence-electron chi connectivity index (χ1n) is 8.93. The fourth-order valence-electron chi connectivity index (χ4n) is 2.97. The van der Waals surface area contributed by atoms with Crippen molar-refractivity contribution < 1.29 is 9.63 Å². The average Bonchev–Trinajstić information content (AvgIpc) is 2.70. The predicted octanol–water partition coefficient (Wildman–Crippen LogP) is 2.61. The third-order valence-electron chi connectivity index (χ3n) is 4.48. The van der Waals surface area contributed by atoms with Crippen LogP contribution in [0.3, 0.4) is 0 Å². The zero-order valence-electron chi connectivity index (χ0n) is 15.3. The van der Waals surface area contributed by atoms with Gasteiger partial charge in [-0.25, -0.2) is 5.48 Å². The number of pyridine rings is 1. The largest absolute Gasteiger partial charge is 0.329 e. The molecule has 0 fully saturated rings. The molecule has 1 amide bonds. The van der Waals surface area contributed by atoms with Gasteiger partial charge in [-0.05, 0) is 41.1 Å². The minimum atomic E-state index is -0.402. The molecule has 6 nitrogen and oxygen atoms in total. The van der Waals surface area contributed by atoms with E-state index in [0.717, 1.165) is 34.0 Å². The predicted molar refractivity (Wildman–Crippen MR) is 107 cm³/mol. The highest BCUT2D eigenvalue weighted by Gasteiger charge is 2.19. The summed E-state index contributed by atoms with van der Waals surface area (Å²) in [5.74, 6) is -0.516. The highest BCUT2D eigenvalue weighted by molar-refractivity contribution is 5.98. The number of carbonyl (C=O) groups is 1. The van der Waals surface area contributed by atoms with E-state index in [2.05, 4.69) is 15.8 Å². The zero-order chi connectivity index (χ0) is 19.1. The fraction of sp³-hybridized carbons (Fsp3) is 0.238. The van der Waals surface area contributed by atoms with Crippen LogP contribution in [0.25, 0.3) is 10.8 Å². The normalized spacial score (nSPS) is 12.1. The number of nitrogens with one attached hydrogen (secondary N) is 2. The summed E-state index contributed by atoms with van der Waals surface area (Å²) >= 11 is 0. The zero-order valence-corrected chi connectivity index (χ0v) is 15.3. The van der Waals surface area contributed by atoms with Crippen LogP contribution in [0.5, 0.6) is 0 Å². The first kappa shape index (κ1) is 19.0. The molecule has 0 bridgehead atoms. The quantitative estimate of drug-likeness (QED) is 0.422. The molecule has 0 radical (unpaired) electrons. The summed E-state index contributed by atoms with van der Waals surface area (Å²) in [7, 11) is 1.74. The van der Waals surface area contributed by atoms with Gasteiger partial charge in [-0.15, -0.1) is 0 Å². The van der Waals surface area contributed by atoms with Crippen molar-refractivity contribution in [3.63, 3.8) is 0 Å². The van der Waals surface area contributed by atoms with E-state index >= 15 is 0 Å². The Morgan fingerprint density at radius 1 is 1.15 bits per heavy atom. The summed E-state index contributed by atoms with van der Waals surface area (Å²) in [5, 5.41) is 5.03. The van der Waals surface area contributed by atoms with Crippen LogP contribution < -0.4 is 16.5 Å². The second-order valence-corrected chi connectivity index (χ2v) is 6.26. The number of nitrogens with two attached hydrogens (primary N) is 1. The van der Waals surface area contributed by atoms with Crippen molar-refractivity contribution in [3.8, 4) is 0 Å². The maximum absolute atomic E-state index is 12.7. The third kappa shape index (κ3) is 4.89. The van der Waals surface area contributed by atoms with E-state index in [9.17, 15) is 4.79 Å². The lowest BCUT2D eigenvalue weighted by molar-refractivity contribution is -0.117. The van der Waals surface area contributed by atoms with Gasteiger partial charge >= 0.3 is 0 Å². The second kappa shape index (κ2) is 9.23. The molecule has 1 atom stereocenters. The number of hydroxylamine groups is 1. The van der Waals surface area contributed by atoms with E-state index in [4.69, 9.17) is 10.6 Å². The molecule has 0 aliphatic carbocycles. The van der Waals surface area contributed by atoms with Crippen molar-refractivity contribution in [2.24, 2.45) is 5.73 Å². The molecule has 3 rings (SSSR count). The van der Waals surface area contributed by atoms with Gasteiger partial charge in [-0.3, -0.25) is 9.78 Å². The van der Waals surface area contributed by atoms with Crippen LogP contribution in [0.15, 0.2) is 60.9 Å². The molecular formula is C21H24N4O2. The van der Waals surface area contributed by atoms with Gasteiger partial charge in [0.15, 0.2) is 0 Å². The Bertz CT molecular complexity index is 896. The smallest absolute Gasteiger partial charge is 0.233 e. The van der Waals surface area contributed by atoms with Crippen LogP contribution in [0.4, 0.5) is 5.69 Å². The number of hydrogen-bond donors (Lipinski definition) is 3. The number of rotatable bonds is 8. The van der Waals surface area contributed by atoms with Crippen LogP contribution in [-0.2, 0) is 16.1 Å². The number of fused-ring (bicyclic) bond motifs is 1. The Hall–Kier alpha value is -2.80. The van der Waals surface area contributed by atoms with Gasteiger partial charge in [0.25, 0.3) is 0 Å². The Labute approximate surface area is 158 Å². The van der Waals surface area contributed by atoms with Crippen LogP contribution >= 0.6 is 0 Å². The fourth-order valence-corrected chi connectivity index (χ4v) is 2.97. The molecule has 1 heterocycles. The summed E-state index contributed by atoms with van der Waals surface area (Å²) in [6.45, 7) is 0.833. The molecule has 2 aromatic carbocycles. The SMILES string of the molecule is CNOCCc1ccc([C@@H](CN)C(=O)Nc2ccc3cnccc3c2)cc1. The standard InChI is InChI=1S/C21H24N4O2/c1-23-27-11-9-15-2-4-16(5-3-15)20(13-22)21(26)25-19-7-6-18-14-24-10-8-17(18)12-19/h2-8,10,12,14,20,23H,9,11,13,22H2,1H3,(H,25,26)/t20-/m1/s1. The van der Waals surface area contributed by atoms with Crippen LogP contribution in [-0.4, -0.2) is 31.1 Å². The van der Waals surface area contributed by atoms with Gasteiger partial charge in [-0.2, -0.15) is 0 Å². The number of aromatic nitrogens is 1. The lowest BCUT2D eigenvalue weighted by Crippen LogP contribution is -2.27. The molecule has 0 aliphatic rings. The molecule has 1 aromatic heterocycles. The van der Waals surface area contributed by atoms with Crippen molar-refractivity contribution in [2.45, 2.75) is 12.3 Å². The minimum absolute atomic E-state index is 0.114. The highest BCUT2D eigenvalue weighted by atomic mass is 16.6. The molecule has 4 N–H and O–H groups in total. The van der Waals surface area contributed by atoms with Crippen molar-refractivity contribution in [1.29, 1.82) is 0 Å². The lowest BCUT2D eigenvalue weighted by Gasteiger charge is -2.16. The monoisotopic (exact) mass is 364 g/mol. The topological polar surface area (TPSA) is 89.3 Å². The molecule has 6 heteroatoms. The molecule has 0 aliphatic heterocycles. The van der Waals surface area contributed by atoms with E-state index in [1.165, 1.54) is 0 Å². The number of benzene rings is 2. The summed E-state index contributed by atoms with van der Waals surface area (Å²) < 4.78 is 0. The first-order chi connectivity index (χ1) is 13.2. The summed E-state index contributed by atoms with van der Waals surface area (Å²) in [5.41, 5.74) is 11.3. The summed E-state index contributed by atoms with van der Waals surface area (Å²) in [6, 6.07) is 15.6. The average molecular weight is 364 g/mol. The lowest BCUT2D eigenvalue weighted by atomic mass is 9.96. The van der Waals surface area contributed by atoms with E-state index in [1.54, 1.807) is 19.4 Å². The number of amides is 1. The van der Waals surface area contributed by atoms with Gasteiger partial charge in [0.1, 0.15) is 0 Å². The number of anilines is 1. The third-order valence-corrected chi connectivity index (χ3v) is 4.48. The van der Waals surface area contributed by atoms with Crippen LogP contribution in [0.2, 0.25) is 0 Å². The first-order valence-corrected chi connectivity index (χ1v) is 8.93.